The first-order valence-corrected chi connectivity index (χ1v) is 8.48. The standard InChI is InChI=1S/C16H19N3OS/c1-2-4-13(5-3-1)15-14(12-18-6-9-20-10-7-18)19-8-11-21-16(19)17-15/h1-5H,6-12H2. The van der Waals surface area contributed by atoms with Crippen LogP contribution in [0.5, 0.6) is 0 Å². The van der Waals surface area contributed by atoms with Gasteiger partial charge in [0.15, 0.2) is 5.16 Å². The van der Waals surface area contributed by atoms with Crippen molar-refractivity contribution in [1.82, 2.24) is 14.5 Å². The number of benzene rings is 1. The number of rotatable bonds is 3. The van der Waals surface area contributed by atoms with Crippen molar-refractivity contribution >= 4 is 11.8 Å². The van der Waals surface area contributed by atoms with Gasteiger partial charge in [0.1, 0.15) is 0 Å². The molecule has 0 N–H and O–H groups in total. The van der Waals surface area contributed by atoms with Crippen molar-refractivity contribution in [3.05, 3.63) is 36.0 Å². The van der Waals surface area contributed by atoms with Crippen molar-refractivity contribution in [2.75, 3.05) is 32.1 Å². The van der Waals surface area contributed by atoms with Crippen molar-refractivity contribution in [3.63, 3.8) is 0 Å². The van der Waals surface area contributed by atoms with Crippen molar-refractivity contribution in [2.45, 2.75) is 18.2 Å². The van der Waals surface area contributed by atoms with Crippen molar-refractivity contribution in [3.8, 4) is 11.3 Å². The maximum absolute atomic E-state index is 5.46. The molecule has 4 nitrogen and oxygen atoms in total. The molecule has 110 valence electrons. The molecule has 1 aromatic heterocycles. The molecule has 0 amide bonds. The maximum atomic E-state index is 5.46. The van der Waals surface area contributed by atoms with Crippen LogP contribution in [0.15, 0.2) is 35.5 Å². The molecule has 1 saturated heterocycles. The number of nitrogens with zero attached hydrogens (tertiary/aromatic N) is 3. The summed E-state index contributed by atoms with van der Waals surface area (Å²) in [5.41, 5.74) is 3.75. The van der Waals surface area contributed by atoms with E-state index in [0.29, 0.717) is 0 Å². The number of ether oxygens (including phenoxy) is 1. The molecule has 0 radical (unpaired) electrons. The lowest BCUT2D eigenvalue weighted by molar-refractivity contribution is 0.0332. The van der Waals surface area contributed by atoms with Crippen molar-refractivity contribution in [1.29, 1.82) is 0 Å². The monoisotopic (exact) mass is 301 g/mol. The molecule has 0 atom stereocenters. The molecule has 0 saturated carbocycles. The molecule has 0 aliphatic carbocycles. The summed E-state index contributed by atoms with van der Waals surface area (Å²) in [6.45, 7) is 5.78. The van der Waals surface area contributed by atoms with E-state index in [1.807, 2.05) is 11.8 Å². The van der Waals surface area contributed by atoms with E-state index in [0.717, 1.165) is 50.8 Å². The Kier molecular flexibility index (Phi) is 3.71. The largest absolute Gasteiger partial charge is 0.379 e. The number of thioether (sulfide) groups is 1. The van der Waals surface area contributed by atoms with Crippen LogP contribution in [-0.4, -0.2) is 46.5 Å². The SMILES string of the molecule is c1ccc(-c2nc3n(c2CN2CCOCC2)CCS3)cc1. The van der Waals surface area contributed by atoms with Gasteiger partial charge in [0.25, 0.3) is 0 Å². The van der Waals surface area contributed by atoms with Gasteiger partial charge in [-0.2, -0.15) is 0 Å². The predicted molar refractivity (Wildman–Crippen MR) is 84.5 cm³/mol. The molecule has 5 heteroatoms. The van der Waals surface area contributed by atoms with E-state index < -0.39 is 0 Å². The highest BCUT2D eigenvalue weighted by molar-refractivity contribution is 7.99. The number of aromatic nitrogens is 2. The summed E-state index contributed by atoms with van der Waals surface area (Å²) in [7, 11) is 0. The second kappa shape index (κ2) is 5.83. The molecule has 4 rings (SSSR count). The van der Waals surface area contributed by atoms with E-state index in [1.165, 1.54) is 16.4 Å². The molecule has 3 heterocycles. The van der Waals surface area contributed by atoms with Gasteiger partial charge >= 0.3 is 0 Å². The third kappa shape index (κ3) is 2.61. The first-order valence-electron chi connectivity index (χ1n) is 7.49. The van der Waals surface area contributed by atoms with Gasteiger partial charge in [0.05, 0.1) is 24.6 Å². The lowest BCUT2D eigenvalue weighted by atomic mass is 10.1. The van der Waals surface area contributed by atoms with Gasteiger partial charge in [0, 0.05) is 37.5 Å². The summed E-state index contributed by atoms with van der Waals surface area (Å²) in [5, 5.41) is 1.18. The third-order valence-corrected chi connectivity index (χ3v) is 5.06. The van der Waals surface area contributed by atoms with Gasteiger partial charge in [-0.25, -0.2) is 4.98 Å². The number of hydrogen-bond acceptors (Lipinski definition) is 4. The number of hydrogen-bond donors (Lipinski definition) is 0. The molecule has 2 aliphatic rings. The minimum Gasteiger partial charge on any atom is -0.379 e. The highest BCUT2D eigenvalue weighted by Gasteiger charge is 2.24. The summed E-state index contributed by atoms with van der Waals surface area (Å²) >= 11 is 1.87. The molecule has 1 aromatic carbocycles. The third-order valence-electron chi connectivity index (χ3n) is 4.11. The lowest BCUT2D eigenvalue weighted by Gasteiger charge is -2.27. The molecular formula is C16H19N3OS. The zero-order valence-corrected chi connectivity index (χ0v) is 12.8. The molecule has 2 aliphatic heterocycles. The fourth-order valence-electron chi connectivity index (χ4n) is 2.99. The van der Waals surface area contributed by atoms with Crippen LogP contribution in [0.25, 0.3) is 11.3 Å². The average molecular weight is 301 g/mol. The van der Waals surface area contributed by atoms with Crippen molar-refractivity contribution in [2.24, 2.45) is 0 Å². The Balaban J connectivity index is 1.70. The molecule has 0 spiro atoms. The average Bonchev–Trinajstić information content (AvgIpc) is 3.12. The van der Waals surface area contributed by atoms with Crippen molar-refractivity contribution < 1.29 is 4.74 Å². The summed E-state index contributed by atoms with van der Waals surface area (Å²) < 4.78 is 7.86. The van der Waals surface area contributed by atoms with Crippen LogP contribution in [0.2, 0.25) is 0 Å². The summed E-state index contributed by atoms with van der Waals surface area (Å²) in [5.74, 6) is 1.15. The first kappa shape index (κ1) is 13.4. The Morgan fingerprint density at radius 1 is 1.10 bits per heavy atom. The molecule has 1 fully saturated rings. The van der Waals surface area contributed by atoms with Crippen LogP contribution in [0, 0.1) is 0 Å². The number of imidazole rings is 1. The molecule has 2 aromatic rings. The summed E-state index contributed by atoms with van der Waals surface area (Å²) in [6, 6.07) is 10.6. The highest BCUT2D eigenvalue weighted by Crippen LogP contribution is 2.33. The van der Waals surface area contributed by atoms with E-state index in [2.05, 4.69) is 39.8 Å². The predicted octanol–water partition coefficient (Wildman–Crippen LogP) is 2.49. The Morgan fingerprint density at radius 2 is 1.90 bits per heavy atom. The minimum atomic E-state index is 0.844. The molecule has 0 unspecified atom stereocenters. The van der Waals surface area contributed by atoms with Gasteiger partial charge in [-0.15, -0.1) is 0 Å². The van der Waals surface area contributed by atoms with Crippen LogP contribution < -0.4 is 0 Å². The van der Waals surface area contributed by atoms with E-state index in [-0.39, 0.29) is 0 Å². The topological polar surface area (TPSA) is 30.3 Å². The van der Waals surface area contributed by atoms with Crippen LogP contribution in [0.1, 0.15) is 5.69 Å². The lowest BCUT2D eigenvalue weighted by Crippen LogP contribution is -2.36. The molecular weight excluding hydrogens is 282 g/mol. The van der Waals surface area contributed by atoms with Gasteiger partial charge in [-0.3, -0.25) is 4.90 Å². The van der Waals surface area contributed by atoms with E-state index >= 15 is 0 Å². The quantitative estimate of drug-likeness (QED) is 0.871. The normalized spacial score (nSPS) is 18.9. The summed E-state index contributed by atoms with van der Waals surface area (Å²) in [6.07, 6.45) is 0. The Morgan fingerprint density at radius 3 is 2.71 bits per heavy atom. The fraction of sp³-hybridized carbons (Fsp3) is 0.438. The smallest absolute Gasteiger partial charge is 0.168 e. The van der Waals surface area contributed by atoms with Gasteiger partial charge in [-0.05, 0) is 0 Å². The Bertz CT molecular complexity index is 620. The zero-order valence-electron chi connectivity index (χ0n) is 12.0. The second-order valence-electron chi connectivity index (χ2n) is 5.44. The van der Waals surface area contributed by atoms with Crippen LogP contribution in [-0.2, 0) is 17.8 Å². The fourth-order valence-corrected chi connectivity index (χ4v) is 3.96. The molecule has 0 bridgehead atoms. The van der Waals surface area contributed by atoms with E-state index in [4.69, 9.17) is 9.72 Å². The Hall–Kier alpha value is -1.30. The molecule has 21 heavy (non-hydrogen) atoms. The number of fused-ring (bicyclic) bond motifs is 1. The summed E-state index contributed by atoms with van der Waals surface area (Å²) in [4.78, 5) is 7.37. The van der Waals surface area contributed by atoms with E-state index in [1.54, 1.807) is 0 Å². The second-order valence-corrected chi connectivity index (χ2v) is 6.51. The van der Waals surface area contributed by atoms with Gasteiger partial charge < -0.3 is 9.30 Å². The van der Waals surface area contributed by atoms with Crippen LogP contribution in [0.4, 0.5) is 0 Å². The maximum Gasteiger partial charge on any atom is 0.168 e. The van der Waals surface area contributed by atoms with Gasteiger partial charge in [0.2, 0.25) is 0 Å². The first-order chi connectivity index (χ1) is 10.4. The number of morpholine rings is 1. The van der Waals surface area contributed by atoms with Crippen LogP contribution in [0.3, 0.4) is 0 Å². The highest BCUT2D eigenvalue weighted by atomic mass is 32.2. The van der Waals surface area contributed by atoms with Gasteiger partial charge in [-0.1, -0.05) is 42.1 Å². The minimum absolute atomic E-state index is 0.844. The van der Waals surface area contributed by atoms with E-state index in [9.17, 15) is 0 Å². The Labute approximate surface area is 129 Å². The van der Waals surface area contributed by atoms with Crippen LogP contribution >= 0.6 is 11.8 Å². The zero-order chi connectivity index (χ0) is 14.1.